The molecule has 2 atom stereocenters. The molecule has 0 aromatic carbocycles. The van der Waals surface area contributed by atoms with Crippen molar-refractivity contribution in [2.45, 2.75) is 39.3 Å². The molecule has 2 N–H and O–H groups in total. The van der Waals surface area contributed by atoms with E-state index in [0.717, 1.165) is 18.8 Å². The van der Waals surface area contributed by atoms with Crippen LogP contribution in [0.25, 0.3) is 0 Å². The van der Waals surface area contributed by atoms with Crippen molar-refractivity contribution in [2.75, 3.05) is 6.54 Å². The largest absolute Gasteiger partial charge is 0.355 e. The number of nitrogens with one attached hydrogen (secondary N) is 2. The number of amides is 1. The lowest BCUT2D eigenvalue weighted by atomic mass is 10.2. The van der Waals surface area contributed by atoms with Gasteiger partial charge in [-0.25, -0.2) is 4.98 Å². The number of hydrogen-bond donors (Lipinski definition) is 2. The molecule has 0 aliphatic heterocycles. The van der Waals surface area contributed by atoms with Crippen LogP contribution in [0.1, 0.15) is 39.1 Å². The van der Waals surface area contributed by atoms with Gasteiger partial charge in [0.1, 0.15) is 5.82 Å². The summed E-state index contributed by atoms with van der Waals surface area (Å²) in [4.78, 5) is 16.0. The number of hydrogen-bond acceptors (Lipinski definition) is 3. The Labute approximate surface area is 103 Å². The molecule has 0 saturated carbocycles. The number of aromatic nitrogens is 2. The molecular weight excluding hydrogens is 216 g/mol. The van der Waals surface area contributed by atoms with Crippen LogP contribution in [-0.4, -0.2) is 28.0 Å². The van der Waals surface area contributed by atoms with Gasteiger partial charge in [0.2, 0.25) is 5.91 Å². The van der Waals surface area contributed by atoms with Crippen LogP contribution in [0.5, 0.6) is 0 Å². The molecule has 5 heteroatoms. The Morgan fingerprint density at radius 1 is 1.53 bits per heavy atom. The van der Waals surface area contributed by atoms with Gasteiger partial charge in [0.15, 0.2) is 0 Å². The standard InChI is InChI=1S/C12H22N4O/c1-5-6-14-12(17)10(3)15-9(2)11-13-7-8-16(11)4/h7-10,15H,5-6H2,1-4H3,(H,14,17). The van der Waals surface area contributed by atoms with E-state index in [4.69, 9.17) is 0 Å². The molecule has 1 rings (SSSR count). The molecule has 0 bridgehead atoms. The van der Waals surface area contributed by atoms with Crippen molar-refractivity contribution in [2.24, 2.45) is 7.05 Å². The number of rotatable bonds is 6. The van der Waals surface area contributed by atoms with E-state index < -0.39 is 0 Å². The minimum absolute atomic E-state index is 0.0351. The summed E-state index contributed by atoms with van der Waals surface area (Å²) >= 11 is 0. The number of nitrogens with zero attached hydrogens (tertiary/aromatic N) is 2. The first-order chi connectivity index (χ1) is 8.06. The lowest BCUT2D eigenvalue weighted by Gasteiger charge is -2.19. The minimum Gasteiger partial charge on any atom is -0.355 e. The summed E-state index contributed by atoms with van der Waals surface area (Å²) in [5, 5.41) is 6.11. The van der Waals surface area contributed by atoms with Gasteiger partial charge < -0.3 is 9.88 Å². The van der Waals surface area contributed by atoms with Crippen LogP contribution >= 0.6 is 0 Å². The van der Waals surface area contributed by atoms with Crippen molar-refractivity contribution < 1.29 is 4.79 Å². The van der Waals surface area contributed by atoms with Crippen LogP contribution in [0.3, 0.4) is 0 Å². The van der Waals surface area contributed by atoms with E-state index in [1.165, 1.54) is 0 Å². The van der Waals surface area contributed by atoms with Gasteiger partial charge in [-0.15, -0.1) is 0 Å². The number of imidazole rings is 1. The Kier molecular flexibility index (Phi) is 5.15. The Hall–Kier alpha value is -1.36. The van der Waals surface area contributed by atoms with Gasteiger partial charge >= 0.3 is 0 Å². The van der Waals surface area contributed by atoms with Crippen molar-refractivity contribution in [3.63, 3.8) is 0 Å². The lowest BCUT2D eigenvalue weighted by Crippen LogP contribution is -2.43. The molecule has 1 amide bonds. The number of carbonyl (C=O) groups excluding carboxylic acids is 1. The van der Waals surface area contributed by atoms with Crippen LogP contribution in [0.4, 0.5) is 0 Å². The van der Waals surface area contributed by atoms with Crippen molar-refractivity contribution in [1.82, 2.24) is 20.2 Å². The molecule has 0 aliphatic rings. The van der Waals surface area contributed by atoms with Gasteiger partial charge in [-0.1, -0.05) is 6.92 Å². The van der Waals surface area contributed by atoms with Gasteiger partial charge in [0.25, 0.3) is 0 Å². The average Bonchev–Trinajstić information content (AvgIpc) is 2.72. The second-order valence-electron chi connectivity index (χ2n) is 4.30. The molecule has 0 aliphatic carbocycles. The topological polar surface area (TPSA) is 59.0 Å². The van der Waals surface area contributed by atoms with E-state index in [2.05, 4.69) is 15.6 Å². The number of aryl methyl sites for hydroxylation is 1. The molecule has 5 nitrogen and oxygen atoms in total. The fourth-order valence-electron chi connectivity index (χ4n) is 1.72. The quantitative estimate of drug-likeness (QED) is 0.777. The molecule has 2 unspecified atom stereocenters. The van der Waals surface area contributed by atoms with E-state index in [1.54, 1.807) is 6.20 Å². The smallest absolute Gasteiger partial charge is 0.236 e. The summed E-state index contributed by atoms with van der Waals surface area (Å²) in [7, 11) is 1.95. The first kappa shape index (κ1) is 13.7. The molecule has 1 heterocycles. The van der Waals surface area contributed by atoms with E-state index in [9.17, 15) is 4.79 Å². The third kappa shape index (κ3) is 3.85. The zero-order valence-corrected chi connectivity index (χ0v) is 11.0. The van der Waals surface area contributed by atoms with Crippen LogP contribution in [0, 0.1) is 0 Å². The Balaban J connectivity index is 2.48. The second-order valence-corrected chi connectivity index (χ2v) is 4.30. The fourth-order valence-corrected chi connectivity index (χ4v) is 1.72. The minimum atomic E-state index is -0.215. The molecule has 96 valence electrons. The molecule has 17 heavy (non-hydrogen) atoms. The van der Waals surface area contributed by atoms with E-state index in [-0.39, 0.29) is 18.0 Å². The molecular formula is C12H22N4O. The molecule has 0 spiro atoms. The first-order valence-corrected chi connectivity index (χ1v) is 6.07. The number of carbonyl (C=O) groups is 1. The summed E-state index contributed by atoms with van der Waals surface area (Å²) in [5.74, 6) is 0.966. The van der Waals surface area contributed by atoms with E-state index in [1.807, 2.05) is 38.6 Å². The zero-order valence-electron chi connectivity index (χ0n) is 11.0. The summed E-state index contributed by atoms with van der Waals surface area (Å²) in [6, 6.07) is -0.161. The highest BCUT2D eigenvalue weighted by Gasteiger charge is 2.17. The third-order valence-corrected chi connectivity index (χ3v) is 2.69. The van der Waals surface area contributed by atoms with Gasteiger partial charge in [0.05, 0.1) is 12.1 Å². The maximum atomic E-state index is 11.7. The van der Waals surface area contributed by atoms with Crippen LogP contribution in [-0.2, 0) is 11.8 Å². The highest BCUT2D eigenvalue weighted by molar-refractivity contribution is 5.81. The van der Waals surface area contributed by atoms with Crippen molar-refractivity contribution in [1.29, 1.82) is 0 Å². The summed E-state index contributed by atoms with van der Waals surface area (Å²) in [5.41, 5.74) is 0. The van der Waals surface area contributed by atoms with Crippen LogP contribution in [0.15, 0.2) is 12.4 Å². The molecule has 1 aromatic heterocycles. The SMILES string of the molecule is CCCNC(=O)C(C)NC(C)c1nccn1C. The summed E-state index contributed by atoms with van der Waals surface area (Å²) in [6.07, 6.45) is 4.61. The summed E-state index contributed by atoms with van der Waals surface area (Å²) < 4.78 is 1.95. The maximum Gasteiger partial charge on any atom is 0.236 e. The molecule has 0 radical (unpaired) electrons. The monoisotopic (exact) mass is 238 g/mol. The van der Waals surface area contributed by atoms with Crippen molar-refractivity contribution in [3.8, 4) is 0 Å². The van der Waals surface area contributed by atoms with Gasteiger partial charge in [-0.3, -0.25) is 10.1 Å². The van der Waals surface area contributed by atoms with Crippen LogP contribution in [0.2, 0.25) is 0 Å². The second kappa shape index (κ2) is 6.39. The third-order valence-electron chi connectivity index (χ3n) is 2.69. The molecule has 0 fully saturated rings. The normalized spacial score (nSPS) is 14.4. The van der Waals surface area contributed by atoms with Crippen LogP contribution < -0.4 is 10.6 Å². The average molecular weight is 238 g/mol. The predicted octanol–water partition coefficient (Wildman–Crippen LogP) is 0.985. The van der Waals surface area contributed by atoms with E-state index >= 15 is 0 Å². The predicted molar refractivity (Wildman–Crippen MR) is 67.5 cm³/mol. The van der Waals surface area contributed by atoms with Gasteiger partial charge in [0, 0.05) is 26.0 Å². The van der Waals surface area contributed by atoms with Gasteiger partial charge in [-0.05, 0) is 20.3 Å². The van der Waals surface area contributed by atoms with Crippen molar-refractivity contribution >= 4 is 5.91 Å². The lowest BCUT2D eigenvalue weighted by molar-refractivity contribution is -0.122. The zero-order chi connectivity index (χ0) is 12.8. The Bertz CT molecular complexity index is 361. The van der Waals surface area contributed by atoms with Crippen molar-refractivity contribution in [3.05, 3.63) is 18.2 Å². The van der Waals surface area contributed by atoms with E-state index in [0.29, 0.717) is 0 Å². The Morgan fingerprint density at radius 3 is 2.76 bits per heavy atom. The highest BCUT2D eigenvalue weighted by Crippen LogP contribution is 2.09. The van der Waals surface area contributed by atoms with Gasteiger partial charge in [-0.2, -0.15) is 0 Å². The first-order valence-electron chi connectivity index (χ1n) is 6.07. The summed E-state index contributed by atoms with van der Waals surface area (Å²) in [6.45, 7) is 6.63. The molecule has 1 aromatic rings. The maximum absolute atomic E-state index is 11.7. The highest BCUT2D eigenvalue weighted by atomic mass is 16.2. The fraction of sp³-hybridized carbons (Fsp3) is 0.667. The Morgan fingerprint density at radius 2 is 2.24 bits per heavy atom. The molecule has 0 saturated heterocycles.